The van der Waals surface area contributed by atoms with Crippen LogP contribution in [0.25, 0.3) is 0 Å². The summed E-state index contributed by atoms with van der Waals surface area (Å²) in [5.41, 5.74) is 2.19. The molecule has 1 aliphatic heterocycles. The molecule has 1 aliphatic rings. The summed E-state index contributed by atoms with van der Waals surface area (Å²) in [5.74, 6) is 0.799. The van der Waals surface area contributed by atoms with Crippen LogP contribution in [0.3, 0.4) is 0 Å². The second kappa shape index (κ2) is 7.09. The first-order valence-electron chi connectivity index (χ1n) is 7.80. The number of nitrogens with one attached hydrogen (secondary N) is 1. The lowest BCUT2D eigenvalue weighted by Crippen LogP contribution is -2.46. The van der Waals surface area contributed by atoms with Crippen molar-refractivity contribution in [2.75, 3.05) is 12.9 Å². The third-order valence-electron chi connectivity index (χ3n) is 4.28. The van der Waals surface area contributed by atoms with Crippen LogP contribution < -0.4 is 10.1 Å². The third-order valence-corrected chi connectivity index (χ3v) is 5.37. The predicted octanol–water partition coefficient (Wildman–Crippen LogP) is 3.77. The fourth-order valence-electron chi connectivity index (χ4n) is 2.94. The maximum absolute atomic E-state index is 12.6. The zero-order chi connectivity index (χ0) is 16.2. The van der Waals surface area contributed by atoms with E-state index in [0.29, 0.717) is 6.61 Å². The van der Waals surface area contributed by atoms with Gasteiger partial charge in [0.05, 0.1) is 17.2 Å². The quantitative estimate of drug-likeness (QED) is 0.929. The highest BCUT2D eigenvalue weighted by Crippen LogP contribution is 2.39. The number of fused-ring (bicyclic) bond motifs is 1. The Labute approximate surface area is 141 Å². The van der Waals surface area contributed by atoms with Gasteiger partial charge in [0.1, 0.15) is 12.4 Å². The number of hydrogen-bond donors (Lipinski definition) is 1. The minimum absolute atomic E-state index is 0.0152. The van der Waals surface area contributed by atoms with E-state index in [0.717, 1.165) is 16.9 Å². The number of carbonyl (C=O) groups excluding carboxylic acids is 1. The molecule has 0 aliphatic carbocycles. The Morgan fingerprint density at radius 2 is 1.87 bits per heavy atom. The van der Waals surface area contributed by atoms with Crippen LogP contribution in [0.15, 0.2) is 54.6 Å². The van der Waals surface area contributed by atoms with Crippen molar-refractivity contribution in [1.82, 2.24) is 5.32 Å². The summed E-state index contributed by atoms with van der Waals surface area (Å²) in [4.78, 5) is 12.6. The van der Waals surface area contributed by atoms with E-state index in [1.165, 1.54) is 0 Å². The molecule has 4 heteroatoms. The number of thioether (sulfide) groups is 1. The maximum atomic E-state index is 12.6. The number of rotatable bonds is 4. The van der Waals surface area contributed by atoms with E-state index in [1.54, 1.807) is 11.8 Å². The summed E-state index contributed by atoms with van der Waals surface area (Å²) in [6.07, 6.45) is 2.08. The molecule has 0 saturated carbocycles. The van der Waals surface area contributed by atoms with E-state index < -0.39 is 0 Å². The van der Waals surface area contributed by atoms with Gasteiger partial charge in [-0.25, -0.2) is 0 Å². The molecule has 120 valence electrons. The Morgan fingerprint density at radius 3 is 2.61 bits per heavy atom. The first kappa shape index (κ1) is 15.9. The normalized spacial score (nSPS) is 21.0. The average Bonchev–Trinajstić information content (AvgIpc) is 2.61. The van der Waals surface area contributed by atoms with E-state index >= 15 is 0 Å². The highest BCUT2D eigenvalue weighted by molar-refractivity contribution is 7.98. The molecule has 0 bridgehead atoms. The predicted molar refractivity (Wildman–Crippen MR) is 95.0 cm³/mol. The zero-order valence-electron chi connectivity index (χ0n) is 13.4. The molecule has 0 radical (unpaired) electrons. The largest absolute Gasteiger partial charge is 0.491 e. The van der Waals surface area contributed by atoms with Crippen molar-refractivity contribution < 1.29 is 9.53 Å². The summed E-state index contributed by atoms with van der Waals surface area (Å²) in [6, 6.07) is 17.9. The SMILES string of the molecule is CSC1c2ccccc2OCC1NC(=O)[C@@H](C)c1ccccc1. The number of benzene rings is 2. The number of hydrogen-bond acceptors (Lipinski definition) is 3. The van der Waals surface area contributed by atoms with Crippen molar-refractivity contribution in [2.45, 2.75) is 24.1 Å². The van der Waals surface area contributed by atoms with E-state index in [2.05, 4.69) is 17.6 Å². The molecule has 2 aromatic carbocycles. The summed E-state index contributed by atoms with van der Waals surface area (Å²) in [6.45, 7) is 2.45. The van der Waals surface area contributed by atoms with E-state index in [1.807, 2.05) is 55.5 Å². The Bertz CT molecular complexity index is 674. The smallest absolute Gasteiger partial charge is 0.227 e. The molecule has 3 nitrogen and oxygen atoms in total. The van der Waals surface area contributed by atoms with E-state index in [4.69, 9.17) is 4.74 Å². The monoisotopic (exact) mass is 327 g/mol. The maximum Gasteiger partial charge on any atom is 0.227 e. The highest BCUT2D eigenvalue weighted by Gasteiger charge is 2.32. The average molecular weight is 327 g/mol. The van der Waals surface area contributed by atoms with Crippen molar-refractivity contribution in [3.63, 3.8) is 0 Å². The minimum atomic E-state index is -0.170. The number of para-hydroxylation sites is 1. The van der Waals surface area contributed by atoms with Gasteiger partial charge in [0.25, 0.3) is 0 Å². The van der Waals surface area contributed by atoms with E-state index in [-0.39, 0.29) is 23.1 Å². The lowest BCUT2D eigenvalue weighted by atomic mass is 9.98. The second-order valence-corrected chi connectivity index (χ2v) is 6.73. The number of carbonyl (C=O) groups is 1. The third kappa shape index (κ3) is 3.37. The van der Waals surface area contributed by atoms with Crippen molar-refractivity contribution in [3.8, 4) is 5.75 Å². The summed E-state index contributed by atoms with van der Waals surface area (Å²) in [5, 5.41) is 3.39. The van der Waals surface area contributed by atoms with Gasteiger partial charge in [-0.1, -0.05) is 48.5 Å². The first-order valence-corrected chi connectivity index (χ1v) is 9.09. The molecule has 3 rings (SSSR count). The first-order chi connectivity index (χ1) is 11.2. The molecule has 0 spiro atoms. The van der Waals surface area contributed by atoms with Crippen LogP contribution in [0.4, 0.5) is 0 Å². The number of ether oxygens (including phenoxy) is 1. The van der Waals surface area contributed by atoms with Crippen molar-refractivity contribution in [3.05, 3.63) is 65.7 Å². The molecule has 1 heterocycles. The highest BCUT2D eigenvalue weighted by atomic mass is 32.2. The van der Waals surface area contributed by atoms with Gasteiger partial charge in [0.2, 0.25) is 5.91 Å². The van der Waals surface area contributed by atoms with Gasteiger partial charge in [0.15, 0.2) is 0 Å². The van der Waals surface area contributed by atoms with Crippen LogP contribution in [0.1, 0.15) is 29.2 Å². The summed E-state index contributed by atoms with van der Waals surface area (Å²) in [7, 11) is 0. The molecule has 0 fully saturated rings. The topological polar surface area (TPSA) is 38.3 Å². The van der Waals surface area contributed by atoms with Gasteiger partial charge >= 0.3 is 0 Å². The van der Waals surface area contributed by atoms with Crippen molar-refractivity contribution in [1.29, 1.82) is 0 Å². The molecule has 1 N–H and O–H groups in total. The molecule has 3 atom stereocenters. The molecular weight excluding hydrogens is 306 g/mol. The standard InChI is InChI=1S/C19H21NO2S/c1-13(14-8-4-3-5-9-14)19(21)20-16-12-22-17-11-7-6-10-15(17)18(16)23-2/h3-11,13,16,18H,12H2,1-2H3,(H,20,21)/t13-,16?,18?/m0/s1. The molecular formula is C19H21NO2S. The van der Waals surface area contributed by atoms with Crippen LogP contribution in [0.2, 0.25) is 0 Å². The molecule has 2 unspecified atom stereocenters. The van der Waals surface area contributed by atoms with Crippen LogP contribution in [0, 0.1) is 0 Å². The van der Waals surface area contributed by atoms with Crippen molar-refractivity contribution in [2.24, 2.45) is 0 Å². The van der Waals surface area contributed by atoms with Gasteiger partial charge in [0, 0.05) is 5.56 Å². The van der Waals surface area contributed by atoms with Crippen molar-refractivity contribution >= 4 is 17.7 Å². The molecule has 1 amide bonds. The lowest BCUT2D eigenvalue weighted by Gasteiger charge is -2.33. The van der Waals surface area contributed by atoms with Gasteiger partial charge in [-0.05, 0) is 24.8 Å². The Hall–Kier alpha value is -1.94. The minimum Gasteiger partial charge on any atom is -0.491 e. The van der Waals surface area contributed by atoms with Gasteiger partial charge in [-0.2, -0.15) is 11.8 Å². The second-order valence-electron chi connectivity index (χ2n) is 5.75. The summed E-state index contributed by atoms with van der Waals surface area (Å²) >= 11 is 1.75. The molecule has 2 aromatic rings. The van der Waals surface area contributed by atoms with Crippen LogP contribution >= 0.6 is 11.8 Å². The zero-order valence-corrected chi connectivity index (χ0v) is 14.2. The summed E-state index contributed by atoms with van der Waals surface area (Å²) < 4.78 is 5.83. The van der Waals surface area contributed by atoms with Crippen LogP contribution in [-0.2, 0) is 4.79 Å². The fourth-order valence-corrected chi connectivity index (χ4v) is 3.86. The van der Waals surface area contributed by atoms with Crippen LogP contribution in [0.5, 0.6) is 5.75 Å². The molecule has 0 saturated heterocycles. The molecule has 0 aromatic heterocycles. The Kier molecular flexibility index (Phi) is 4.91. The Balaban J connectivity index is 1.74. The van der Waals surface area contributed by atoms with Gasteiger partial charge in [-0.15, -0.1) is 0 Å². The number of amides is 1. The fraction of sp³-hybridized carbons (Fsp3) is 0.316. The lowest BCUT2D eigenvalue weighted by molar-refractivity contribution is -0.123. The van der Waals surface area contributed by atoms with Crippen LogP contribution in [-0.4, -0.2) is 24.8 Å². The molecule has 23 heavy (non-hydrogen) atoms. The van der Waals surface area contributed by atoms with E-state index in [9.17, 15) is 4.79 Å². The Morgan fingerprint density at radius 1 is 1.17 bits per heavy atom. The van der Waals surface area contributed by atoms with Gasteiger partial charge in [-0.3, -0.25) is 4.79 Å². The van der Waals surface area contributed by atoms with Gasteiger partial charge < -0.3 is 10.1 Å².